The number of hydrogen-bond donors (Lipinski definition) is 3. The van der Waals surface area contributed by atoms with Crippen LogP contribution in [-0.2, 0) is 0 Å². The molecule has 5 nitrogen and oxygen atoms in total. The van der Waals surface area contributed by atoms with E-state index < -0.39 is 0 Å². The van der Waals surface area contributed by atoms with Crippen LogP contribution >= 0.6 is 28.3 Å². The Kier molecular flexibility index (Phi) is 9.17. The second kappa shape index (κ2) is 10.3. The molecule has 3 N–H and O–H groups in total. The Morgan fingerprint density at radius 3 is 2.48 bits per heavy atom. The molecule has 1 aliphatic carbocycles. The molecule has 1 aromatic rings. The lowest BCUT2D eigenvalue weighted by Gasteiger charge is -2.16. The molecule has 0 atom stereocenters. The first-order valence-electron chi connectivity index (χ1n) is 8.35. The van der Waals surface area contributed by atoms with Crippen molar-refractivity contribution in [2.24, 2.45) is 0 Å². The molecule has 1 saturated carbocycles. The third-order valence-corrected chi connectivity index (χ3v) is 5.03. The van der Waals surface area contributed by atoms with Gasteiger partial charge in [-0.15, -0.1) is 12.4 Å². The third kappa shape index (κ3) is 6.08. The monoisotopic (exact) mass is 406 g/mol. The van der Waals surface area contributed by atoms with Gasteiger partial charge >= 0.3 is 0 Å². The van der Waals surface area contributed by atoms with Gasteiger partial charge in [0, 0.05) is 19.1 Å². The Balaban J connectivity index is 0.00000264. The second-order valence-electron chi connectivity index (χ2n) is 6.35. The van der Waals surface area contributed by atoms with E-state index in [0.717, 1.165) is 16.7 Å². The lowest BCUT2D eigenvalue weighted by molar-refractivity contribution is 0.0947. The second-order valence-corrected chi connectivity index (χ2v) is 7.15. The first kappa shape index (κ1) is 20.5. The summed E-state index contributed by atoms with van der Waals surface area (Å²) >= 11 is 3.46. The highest BCUT2D eigenvalue weighted by Gasteiger charge is 2.19. The minimum absolute atomic E-state index is 0. The van der Waals surface area contributed by atoms with Crippen molar-refractivity contribution in [1.29, 1.82) is 0 Å². The van der Waals surface area contributed by atoms with E-state index >= 15 is 0 Å². The van der Waals surface area contributed by atoms with E-state index in [4.69, 9.17) is 0 Å². The quantitative estimate of drug-likeness (QED) is 0.497. The Bertz CT molecular complexity index is 484. The van der Waals surface area contributed by atoms with E-state index in [9.17, 15) is 4.79 Å². The van der Waals surface area contributed by atoms with Crippen molar-refractivity contribution >= 4 is 34.2 Å². The fourth-order valence-electron chi connectivity index (χ4n) is 2.89. The summed E-state index contributed by atoms with van der Waals surface area (Å²) in [6.45, 7) is 5.58. The Morgan fingerprint density at radius 1 is 1.26 bits per heavy atom. The van der Waals surface area contributed by atoms with Crippen LogP contribution in [-0.4, -0.2) is 35.2 Å². The molecule has 132 valence electrons. The van der Waals surface area contributed by atoms with Crippen LogP contribution in [0.1, 0.15) is 74.5 Å². The Morgan fingerprint density at radius 2 is 1.91 bits per heavy atom. The molecule has 1 fully saturated rings. The van der Waals surface area contributed by atoms with Gasteiger partial charge < -0.3 is 10.6 Å². The van der Waals surface area contributed by atoms with Gasteiger partial charge in [0.15, 0.2) is 5.69 Å². The minimum Gasteiger partial charge on any atom is -0.349 e. The lowest BCUT2D eigenvalue weighted by Crippen LogP contribution is -2.37. The molecule has 1 aliphatic rings. The smallest absolute Gasteiger partial charge is 0.273 e. The molecule has 0 saturated heterocycles. The lowest BCUT2D eigenvalue weighted by atomic mass is 10.1. The van der Waals surface area contributed by atoms with Gasteiger partial charge in [-0.1, -0.05) is 39.5 Å². The minimum atomic E-state index is -0.127. The van der Waals surface area contributed by atoms with E-state index in [1.807, 2.05) is 0 Å². The van der Waals surface area contributed by atoms with Crippen molar-refractivity contribution < 1.29 is 4.79 Å². The Hall–Kier alpha value is -0.590. The summed E-state index contributed by atoms with van der Waals surface area (Å²) in [6.07, 6.45) is 7.89. The number of H-pyrrole nitrogens is 1. The zero-order chi connectivity index (χ0) is 15.9. The van der Waals surface area contributed by atoms with Gasteiger partial charge in [-0.2, -0.15) is 5.10 Å². The molecule has 1 amide bonds. The fourth-order valence-corrected chi connectivity index (χ4v) is 3.71. The highest BCUT2D eigenvalue weighted by atomic mass is 79.9. The van der Waals surface area contributed by atoms with Gasteiger partial charge in [-0.05, 0) is 34.7 Å². The summed E-state index contributed by atoms with van der Waals surface area (Å²) in [7, 11) is 0. The zero-order valence-electron chi connectivity index (χ0n) is 14.0. The topological polar surface area (TPSA) is 69.8 Å². The van der Waals surface area contributed by atoms with Crippen LogP contribution in [0.25, 0.3) is 0 Å². The van der Waals surface area contributed by atoms with Crippen LogP contribution in [0.3, 0.4) is 0 Å². The highest BCUT2D eigenvalue weighted by molar-refractivity contribution is 9.10. The van der Waals surface area contributed by atoms with Crippen LogP contribution in [0, 0.1) is 0 Å². The number of rotatable bonds is 6. The summed E-state index contributed by atoms with van der Waals surface area (Å²) in [6, 6.07) is 0.615. The highest BCUT2D eigenvalue weighted by Crippen LogP contribution is 2.25. The van der Waals surface area contributed by atoms with Gasteiger partial charge in [0.1, 0.15) is 0 Å². The molecule has 0 radical (unpaired) electrons. The summed E-state index contributed by atoms with van der Waals surface area (Å²) in [5, 5.41) is 13.5. The summed E-state index contributed by atoms with van der Waals surface area (Å²) in [5.41, 5.74) is 1.40. The summed E-state index contributed by atoms with van der Waals surface area (Å²) < 4.78 is 0.775. The molecule has 23 heavy (non-hydrogen) atoms. The van der Waals surface area contributed by atoms with E-state index in [-0.39, 0.29) is 18.3 Å². The fraction of sp³-hybridized carbons (Fsp3) is 0.750. The van der Waals surface area contributed by atoms with Crippen LogP contribution in [0.15, 0.2) is 4.47 Å². The molecular weight excluding hydrogens is 380 g/mol. The van der Waals surface area contributed by atoms with Gasteiger partial charge in [-0.25, -0.2) is 0 Å². The average molecular weight is 408 g/mol. The van der Waals surface area contributed by atoms with Crippen LogP contribution in [0.5, 0.6) is 0 Å². The summed E-state index contributed by atoms with van der Waals surface area (Å²) in [4.78, 5) is 12.2. The van der Waals surface area contributed by atoms with E-state index in [1.54, 1.807) is 0 Å². The SMILES string of the molecule is CC(C)c1[nH]nc(C(=O)NCCNC2CCCCCC2)c1Br.Cl. The van der Waals surface area contributed by atoms with Crippen molar-refractivity contribution in [2.75, 3.05) is 13.1 Å². The Labute approximate surface area is 153 Å². The van der Waals surface area contributed by atoms with E-state index in [1.165, 1.54) is 38.5 Å². The van der Waals surface area contributed by atoms with Gasteiger partial charge in [0.05, 0.1) is 10.2 Å². The van der Waals surface area contributed by atoms with Crippen LogP contribution < -0.4 is 10.6 Å². The van der Waals surface area contributed by atoms with Gasteiger partial charge in [0.2, 0.25) is 0 Å². The number of nitrogens with one attached hydrogen (secondary N) is 3. The van der Waals surface area contributed by atoms with Crippen molar-refractivity contribution in [3.05, 3.63) is 15.9 Å². The molecule has 0 unspecified atom stereocenters. The molecule has 2 rings (SSSR count). The molecular formula is C16H28BrClN4O. The predicted octanol–water partition coefficient (Wildman–Crippen LogP) is 3.76. The van der Waals surface area contributed by atoms with Crippen LogP contribution in [0.4, 0.5) is 0 Å². The van der Waals surface area contributed by atoms with Crippen LogP contribution in [0.2, 0.25) is 0 Å². The number of carbonyl (C=O) groups is 1. The zero-order valence-corrected chi connectivity index (χ0v) is 16.4. The number of hydrogen-bond acceptors (Lipinski definition) is 3. The molecule has 0 aromatic carbocycles. The van der Waals surface area contributed by atoms with Gasteiger partial charge in [0.25, 0.3) is 5.91 Å². The van der Waals surface area contributed by atoms with E-state index in [0.29, 0.717) is 24.2 Å². The number of aromatic nitrogens is 2. The normalized spacial score (nSPS) is 16.0. The largest absolute Gasteiger partial charge is 0.349 e. The maximum absolute atomic E-state index is 12.2. The molecule has 0 spiro atoms. The third-order valence-electron chi connectivity index (χ3n) is 4.22. The summed E-state index contributed by atoms with van der Waals surface area (Å²) in [5.74, 6) is 0.179. The van der Waals surface area contributed by atoms with Crippen molar-refractivity contribution in [1.82, 2.24) is 20.8 Å². The maximum atomic E-state index is 12.2. The molecule has 1 heterocycles. The molecule has 1 aromatic heterocycles. The van der Waals surface area contributed by atoms with Crippen molar-refractivity contribution in [2.45, 2.75) is 64.3 Å². The number of amides is 1. The molecule has 0 bridgehead atoms. The number of nitrogens with zero attached hydrogens (tertiary/aromatic N) is 1. The molecule has 7 heteroatoms. The molecule has 0 aliphatic heterocycles. The predicted molar refractivity (Wildman–Crippen MR) is 99.5 cm³/mol. The maximum Gasteiger partial charge on any atom is 0.273 e. The average Bonchev–Trinajstić information content (AvgIpc) is 2.71. The van der Waals surface area contributed by atoms with Crippen molar-refractivity contribution in [3.8, 4) is 0 Å². The van der Waals surface area contributed by atoms with Gasteiger partial charge in [-0.3, -0.25) is 9.89 Å². The first-order chi connectivity index (χ1) is 10.6. The van der Waals surface area contributed by atoms with Crippen molar-refractivity contribution in [3.63, 3.8) is 0 Å². The number of carbonyl (C=O) groups excluding carboxylic acids is 1. The number of halogens is 2. The first-order valence-corrected chi connectivity index (χ1v) is 9.14. The van der Waals surface area contributed by atoms with E-state index in [2.05, 4.69) is 50.6 Å². The standard InChI is InChI=1S/C16H27BrN4O.ClH/c1-11(2)14-13(17)15(21-20-14)16(22)19-10-9-18-12-7-5-3-4-6-8-12;/h11-12,18H,3-10H2,1-2H3,(H,19,22)(H,20,21);1H. The number of aromatic amines is 1.